The largest absolute Gasteiger partial charge is 0.435 e. The summed E-state index contributed by atoms with van der Waals surface area (Å²) >= 11 is 0. The van der Waals surface area contributed by atoms with E-state index >= 15 is 0 Å². The second kappa shape index (κ2) is 8.50. The van der Waals surface area contributed by atoms with E-state index in [0.29, 0.717) is 4.68 Å². The summed E-state index contributed by atoms with van der Waals surface area (Å²) in [5, 5.41) is 12.4. The Morgan fingerprint density at radius 1 is 0.844 bits per heavy atom. The minimum Gasteiger partial charge on any atom is -0.356 e. The molecule has 4 aromatic rings. The molecule has 3 aromatic carbocycles. The first-order valence-electron chi connectivity index (χ1n) is 9.33. The van der Waals surface area contributed by atoms with Crippen molar-refractivity contribution in [1.29, 1.82) is 0 Å². The van der Waals surface area contributed by atoms with Crippen molar-refractivity contribution in [3.05, 3.63) is 96.1 Å². The standard InChI is InChI=1S/C22H15F4N5O/c23-14-5-4-8-18(13-14)31-20(22(24,25)26)19(29-30-31)21(32)28-17-11-9-16(10-12-17)27-15-6-2-1-3-7-15/h1-13,27H,(H,28,32). The van der Waals surface area contributed by atoms with Gasteiger partial charge < -0.3 is 10.6 Å². The number of amides is 1. The molecule has 0 atom stereocenters. The second-order valence-electron chi connectivity index (χ2n) is 6.70. The van der Waals surface area contributed by atoms with E-state index in [-0.39, 0.29) is 11.4 Å². The van der Waals surface area contributed by atoms with Gasteiger partial charge in [0, 0.05) is 17.1 Å². The molecule has 162 valence electrons. The van der Waals surface area contributed by atoms with E-state index in [2.05, 4.69) is 20.9 Å². The molecule has 2 N–H and O–H groups in total. The average molecular weight is 441 g/mol. The lowest BCUT2D eigenvalue weighted by Crippen LogP contribution is -2.21. The molecule has 0 saturated carbocycles. The third kappa shape index (κ3) is 4.59. The molecule has 6 nitrogen and oxygen atoms in total. The fraction of sp³-hybridized carbons (Fsp3) is 0.0455. The number of halogens is 4. The van der Waals surface area contributed by atoms with Crippen LogP contribution < -0.4 is 10.6 Å². The number of hydrogen-bond acceptors (Lipinski definition) is 4. The van der Waals surface area contributed by atoms with Crippen LogP contribution in [0, 0.1) is 5.82 Å². The summed E-state index contributed by atoms with van der Waals surface area (Å²) in [6.07, 6.45) is -4.95. The predicted octanol–water partition coefficient (Wildman–Crippen LogP) is 5.42. The van der Waals surface area contributed by atoms with Gasteiger partial charge in [0.1, 0.15) is 5.82 Å². The number of benzene rings is 3. The van der Waals surface area contributed by atoms with Crippen LogP contribution in [0.4, 0.5) is 34.6 Å². The highest BCUT2D eigenvalue weighted by Crippen LogP contribution is 2.33. The summed E-state index contributed by atoms with van der Waals surface area (Å²) in [7, 11) is 0. The number of nitrogens with one attached hydrogen (secondary N) is 2. The van der Waals surface area contributed by atoms with E-state index in [4.69, 9.17) is 0 Å². The minimum absolute atomic E-state index is 0.208. The molecule has 0 radical (unpaired) electrons. The van der Waals surface area contributed by atoms with Gasteiger partial charge in [-0.15, -0.1) is 5.10 Å². The summed E-state index contributed by atoms with van der Waals surface area (Å²) in [5.41, 5.74) is -0.686. The zero-order chi connectivity index (χ0) is 22.7. The number of rotatable bonds is 5. The smallest absolute Gasteiger partial charge is 0.356 e. The van der Waals surface area contributed by atoms with Crippen molar-refractivity contribution in [3.63, 3.8) is 0 Å². The van der Waals surface area contributed by atoms with Gasteiger partial charge in [-0.25, -0.2) is 9.07 Å². The Bertz CT molecular complexity index is 1240. The predicted molar refractivity (Wildman–Crippen MR) is 110 cm³/mol. The molecule has 1 heterocycles. The van der Waals surface area contributed by atoms with Gasteiger partial charge in [-0.1, -0.05) is 29.5 Å². The van der Waals surface area contributed by atoms with E-state index in [0.717, 1.165) is 23.5 Å². The first kappa shape index (κ1) is 21.0. The fourth-order valence-electron chi connectivity index (χ4n) is 2.99. The molecule has 10 heteroatoms. The Morgan fingerprint density at radius 3 is 2.16 bits per heavy atom. The lowest BCUT2D eigenvalue weighted by Gasteiger charge is -2.12. The van der Waals surface area contributed by atoms with E-state index in [1.165, 1.54) is 24.3 Å². The van der Waals surface area contributed by atoms with Crippen molar-refractivity contribution < 1.29 is 22.4 Å². The lowest BCUT2D eigenvalue weighted by atomic mass is 10.2. The third-order valence-electron chi connectivity index (χ3n) is 4.41. The normalized spacial score (nSPS) is 11.2. The molecular formula is C22H15F4N5O. The van der Waals surface area contributed by atoms with Crippen LogP contribution in [0.3, 0.4) is 0 Å². The molecule has 0 aliphatic carbocycles. The van der Waals surface area contributed by atoms with Crippen molar-refractivity contribution >= 4 is 23.0 Å². The molecular weight excluding hydrogens is 426 g/mol. The molecule has 1 aromatic heterocycles. The van der Waals surface area contributed by atoms with Crippen molar-refractivity contribution in [2.24, 2.45) is 0 Å². The summed E-state index contributed by atoms with van der Waals surface area (Å²) in [6.45, 7) is 0. The lowest BCUT2D eigenvalue weighted by molar-refractivity contribution is -0.143. The Balaban J connectivity index is 1.57. The van der Waals surface area contributed by atoms with Gasteiger partial charge in [-0.2, -0.15) is 13.2 Å². The number of hydrogen-bond donors (Lipinski definition) is 2. The molecule has 0 spiro atoms. The highest BCUT2D eigenvalue weighted by Gasteiger charge is 2.42. The van der Waals surface area contributed by atoms with Crippen LogP contribution in [0.1, 0.15) is 16.2 Å². The van der Waals surface area contributed by atoms with Crippen LogP contribution in [0.5, 0.6) is 0 Å². The maximum atomic E-state index is 13.7. The highest BCUT2D eigenvalue weighted by atomic mass is 19.4. The number of nitrogens with zero attached hydrogens (tertiary/aromatic N) is 3. The zero-order valence-electron chi connectivity index (χ0n) is 16.3. The van der Waals surface area contributed by atoms with Crippen molar-refractivity contribution in [2.45, 2.75) is 6.18 Å². The fourth-order valence-corrected chi connectivity index (χ4v) is 2.99. The van der Waals surface area contributed by atoms with Gasteiger partial charge in [0.25, 0.3) is 5.91 Å². The molecule has 32 heavy (non-hydrogen) atoms. The summed E-state index contributed by atoms with van der Waals surface area (Å²) in [4.78, 5) is 12.6. The monoisotopic (exact) mass is 441 g/mol. The van der Waals surface area contributed by atoms with Gasteiger partial charge in [-0.3, -0.25) is 4.79 Å². The molecule has 0 aliphatic rings. The van der Waals surface area contributed by atoms with Crippen LogP contribution in [0.25, 0.3) is 5.69 Å². The Hall–Kier alpha value is -4.21. The van der Waals surface area contributed by atoms with Gasteiger partial charge in [0.2, 0.25) is 0 Å². The highest BCUT2D eigenvalue weighted by molar-refractivity contribution is 6.03. The minimum atomic E-state index is -4.95. The number of alkyl halides is 3. The van der Waals surface area contributed by atoms with Crippen LogP contribution in [-0.4, -0.2) is 20.9 Å². The number of aromatic nitrogens is 3. The van der Waals surface area contributed by atoms with E-state index in [9.17, 15) is 22.4 Å². The van der Waals surface area contributed by atoms with Gasteiger partial charge in [0.15, 0.2) is 11.4 Å². The van der Waals surface area contributed by atoms with Crippen LogP contribution in [0.15, 0.2) is 78.9 Å². The van der Waals surface area contributed by atoms with Gasteiger partial charge in [0.05, 0.1) is 5.69 Å². The quantitative estimate of drug-likeness (QED) is 0.406. The zero-order valence-corrected chi connectivity index (χ0v) is 16.3. The van der Waals surface area contributed by atoms with E-state index in [1.54, 1.807) is 12.1 Å². The van der Waals surface area contributed by atoms with E-state index in [1.807, 2.05) is 30.3 Å². The number of carbonyl (C=O) groups excluding carboxylic acids is 1. The van der Waals surface area contributed by atoms with Crippen LogP contribution in [0.2, 0.25) is 0 Å². The maximum absolute atomic E-state index is 13.7. The Labute approximate surface area is 179 Å². The topological polar surface area (TPSA) is 71.8 Å². The number of para-hydroxylation sites is 1. The Morgan fingerprint density at radius 2 is 1.50 bits per heavy atom. The summed E-state index contributed by atoms with van der Waals surface area (Å²) in [5.74, 6) is -1.84. The summed E-state index contributed by atoms with van der Waals surface area (Å²) in [6, 6.07) is 20.2. The van der Waals surface area contributed by atoms with Crippen LogP contribution >= 0.6 is 0 Å². The maximum Gasteiger partial charge on any atom is 0.435 e. The van der Waals surface area contributed by atoms with Gasteiger partial charge in [-0.05, 0) is 54.6 Å². The molecule has 4 rings (SSSR count). The van der Waals surface area contributed by atoms with Crippen molar-refractivity contribution in [3.8, 4) is 5.69 Å². The number of carbonyl (C=O) groups is 1. The molecule has 0 bridgehead atoms. The average Bonchev–Trinajstić information content (AvgIpc) is 3.22. The molecule has 0 unspecified atom stereocenters. The van der Waals surface area contributed by atoms with Crippen LogP contribution in [-0.2, 0) is 6.18 Å². The van der Waals surface area contributed by atoms with Crippen molar-refractivity contribution in [1.82, 2.24) is 15.0 Å². The third-order valence-corrected chi connectivity index (χ3v) is 4.41. The molecule has 1 amide bonds. The van der Waals surface area contributed by atoms with E-state index < -0.39 is 29.3 Å². The second-order valence-corrected chi connectivity index (χ2v) is 6.70. The SMILES string of the molecule is O=C(Nc1ccc(Nc2ccccc2)cc1)c1nnn(-c2cccc(F)c2)c1C(F)(F)F. The van der Waals surface area contributed by atoms with Gasteiger partial charge >= 0.3 is 6.18 Å². The first-order valence-corrected chi connectivity index (χ1v) is 9.33. The molecule has 0 aliphatic heterocycles. The molecule has 0 saturated heterocycles. The number of anilines is 3. The summed E-state index contributed by atoms with van der Waals surface area (Å²) < 4.78 is 55.0. The first-order chi connectivity index (χ1) is 15.3. The van der Waals surface area contributed by atoms with Crippen molar-refractivity contribution in [2.75, 3.05) is 10.6 Å². The molecule has 0 fully saturated rings. The Kier molecular flexibility index (Phi) is 5.59.